The maximum Gasteiger partial charge on any atom is 0.217 e. The molecule has 0 saturated carbocycles. The van der Waals surface area contributed by atoms with Crippen LogP contribution in [-0.4, -0.2) is 36.9 Å². The lowest BCUT2D eigenvalue weighted by molar-refractivity contribution is -0.121. The zero-order valence-electron chi connectivity index (χ0n) is 17.0. The number of methoxy groups -OCH3 is 1. The van der Waals surface area contributed by atoms with Gasteiger partial charge in [0, 0.05) is 14.0 Å². The first kappa shape index (κ1) is 24.4. The molecule has 0 aliphatic carbocycles. The molecule has 0 unspecified atom stereocenters. The Bertz CT molecular complexity index is 297. The molecule has 2 N–H and O–H groups in total. The number of unbranched alkanes of at least 4 members (excludes halogenated alkanes) is 12. The van der Waals surface area contributed by atoms with Crippen molar-refractivity contribution in [1.29, 1.82) is 0 Å². The Kier molecular flexibility index (Phi) is 17.7. The van der Waals surface area contributed by atoms with E-state index in [2.05, 4.69) is 12.2 Å². The van der Waals surface area contributed by atoms with Crippen LogP contribution >= 0.6 is 0 Å². The summed E-state index contributed by atoms with van der Waals surface area (Å²) in [6.45, 7) is 3.67. The van der Waals surface area contributed by atoms with E-state index in [1.807, 2.05) is 0 Å². The summed E-state index contributed by atoms with van der Waals surface area (Å²) < 4.78 is 5.44. The van der Waals surface area contributed by atoms with Crippen LogP contribution in [0.3, 0.4) is 0 Å². The van der Waals surface area contributed by atoms with Gasteiger partial charge in [0.1, 0.15) is 0 Å². The average molecular weight is 358 g/mol. The number of nitrogens with one attached hydrogen (secondary N) is 1. The minimum absolute atomic E-state index is 0.0729. The molecule has 0 bridgehead atoms. The van der Waals surface area contributed by atoms with Gasteiger partial charge >= 0.3 is 0 Å². The molecule has 1 amide bonds. The predicted octanol–water partition coefficient (Wildman–Crippen LogP) is 4.98. The number of hydrogen-bond acceptors (Lipinski definition) is 3. The van der Waals surface area contributed by atoms with Gasteiger partial charge in [0.25, 0.3) is 0 Å². The van der Waals surface area contributed by atoms with Crippen molar-refractivity contribution < 1.29 is 14.6 Å². The van der Waals surface area contributed by atoms with Gasteiger partial charge in [-0.1, -0.05) is 90.4 Å². The van der Waals surface area contributed by atoms with Crippen molar-refractivity contribution in [2.24, 2.45) is 0 Å². The summed E-state index contributed by atoms with van der Waals surface area (Å²) in [6, 6.07) is -0.292. The first-order chi connectivity index (χ1) is 12.2. The summed E-state index contributed by atoms with van der Waals surface area (Å²) in [5.41, 5.74) is 0. The quantitative estimate of drug-likeness (QED) is 0.340. The number of amides is 1. The largest absolute Gasteiger partial charge is 0.394 e. The molecule has 150 valence electrons. The molecule has 0 saturated heterocycles. The van der Waals surface area contributed by atoms with Crippen molar-refractivity contribution in [2.75, 3.05) is 13.7 Å². The first-order valence-electron chi connectivity index (χ1n) is 10.6. The van der Waals surface area contributed by atoms with Crippen molar-refractivity contribution in [1.82, 2.24) is 5.32 Å². The van der Waals surface area contributed by atoms with E-state index in [4.69, 9.17) is 4.74 Å². The molecule has 0 spiro atoms. The fourth-order valence-electron chi connectivity index (χ4n) is 3.36. The van der Waals surface area contributed by atoms with Gasteiger partial charge < -0.3 is 15.2 Å². The fourth-order valence-corrected chi connectivity index (χ4v) is 3.36. The van der Waals surface area contributed by atoms with Gasteiger partial charge in [-0.25, -0.2) is 0 Å². The second kappa shape index (κ2) is 18.2. The van der Waals surface area contributed by atoms with Gasteiger partial charge in [-0.15, -0.1) is 0 Å². The Morgan fingerprint density at radius 2 is 1.32 bits per heavy atom. The summed E-state index contributed by atoms with van der Waals surface area (Å²) in [5.74, 6) is -0.119. The van der Waals surface area contributed by atoms with E-state index < -0.39 is 0 Å². The van der Waals surface area contributed by atoms with Crippen molar-refractivity contribution >= 4 is 5.91 Å². The van der Waals surface area contributed by atoms with Gasteiger partial charge in [0.2, 0.25) is 5.91 Å². The van der Waals surface area contributed by atoms with Gasteiger partial charge in [-0.05, 0) is 6.42 Å². The summed E-state index contributed by atoms with van der Waals surface area (Å²) in [4.78, 5) is 11.1. The van der Waals surface area contributed by atoms with Crippen LogP contribution in [0.5, 0.6) is 0 Å². The Labute approximate surface area is 156 Å². The third-order valence-corrected chi connectivity index (χ3v) is 4.93. The molecule has 0 heterocycles. The molecule has 4 nitrogen and oxygen atoms in total. The highest BCUT2D eigenvalue weighted by Gasteiger charge is 2.20. The van der Waals surface area contributed by atoms with Crippen molar-refractivity contribution in [3.05, 3.63) is 0 Å². The van der Waals surface area contributed by atoms with Crippen LogP contribution in [0, 0.1) is 0 Å². The van der Waals surface area contributed by atoms with Gasteiger partial charge in [0.15, 0.2) is 0 Å². The van der Waals surface area contributed by atoms with E-state index in [0.29, 0.717) is 0 Å². The number of carbonyl (C=O) groups excluding carboxylic acids is 1. The monoisotopic (exact) mass is 357 g/mol. The number of carbonyl (C=O) groups is 1. The fraction of sp³-hybridized carbons (Fsp3) is 0.952. The lowest BCUT2D eigenvalue weighted by atomic mass is 10.0. The molecule has 25 heavy (non-hydrogen) atoms. The van der Waals surface area contributed by atoms with Crippen LogP contribution in [0.25, 0.3) is 0 Å². The molecule has 0 aromatic rings. The molecule has 0 rings (SSSR count). The summed E-state index contributed by atoms with van der Waals surface area (Å²) in [7, 11) is 1.65. The van der Waals surface area contributed by atoms with Crippen molar-refractivity contribution in [2.45, 2.75) is 116 Å². The van der Waals surface area contributed by atoms with E-state index in [9.17, 15) is 9.90 Å². The van der Waals surface area contributed by atoms with E-state index in [0.717, 1.165) is 12.8 Å². The Hall–Kier alpha value is -0.610. The Morgan fingerprint density at radius 3 is 1.68 bits per heavy atom. The van der Waals surface area contributed by atoms with E-state index in [1.165, 1.54) is 84.0 Å². The van der Waals surface area contributed by atoms with E-state index in [-0.39, 0.29) is 24.7 Å². The van der Waals surface area contributed by atoms with E-state index >= 15 is 0 Å². The maximum absolute atomic E-state index is 11.1. The van der Waals surface area contributed by atoms with Crippen molar-refractivity contribution in [3.63, 3.8) is 0 Å². The minimum atomic E-state index is -0.292. The second-order valence-electron chi connectivity index (χ2n) is 7.30. The second-order valence-corrected chi connectivity index (χ2v) is 7.30. The third-order valence-electron chi connectivity index (χ3n) is 4.93. The van der Waals surface area contributed by atoms with Crippen LogP contribution in [-0.2, 0) is 9.53 Å². The number of aliphatic hydroxyl groups excluding tert-OH is 1. The van der Waals surface area contributed by atoms with Crippen molar-refractivity contribution in [3.8, 4) is 0 Å². The zero-order valence-corrected chi connectivity index (χ0v) is 17.0. The number of ether oxygens (including phenoxy) is 1. The predicted molar refractivity (Wildman–Crippen MR) is 106 cm³/mol. The summed E-state index contributed by atoms with van der Waals surface area (Å²) in [5, 5.41) is 12.1. The normalized spacial score (nSPS) is 13.6. The molecule has 4 heteroatoms. The summed E-state index contributed by atoms with van der Waals surface area (Å²) in [6.07, 6.45) is 18.2. The number of aliphatic hydroxyl groups is 1. The molecule has 0 aliphatic rings. The maximum atomic E-state index is 11.1. The molecular weight excluding hydrogens is 314 g/mol. The van der Waals surface area contributed by atoms with Crippen LogP contribution in [0.1, 0.15) is 104 Å². The standard InChI is InChI=1S/C21H43NO3/c1-4-5-6-7-8-9-10-11-12-13-14-15-16-17-21(25-3)20(18-23)22-19(2)24/h20-21,23H,4-18H2,1-3H3,(H,22,24)/t20-,21+/m0/s1. The van der Waals surface area contributed by atoms with Gasteiger partial charge in [-0.2, -0.15) is 0 Å². The highest BCUT2D eigenvalue weighted by Crippen LogP contribution is 2.15. The van der Waals surface area contributed by atoms with Gasteiger partial charge in [0.05, 0.1) is 18.8 Å². The number of hydrogen-bond donors (Lipinski definition) is 2. The van der Waals surface area contributed by atoms with Crippen LogP contribution in [0.4, 0.5) is 0 Å². The van der Waals surface area contributed by atoms with Crippen LogP contribution in [0.15, 0.2) is 0 Å². The first-order valence-corrected chi connectivity index (χ1v) is 10.6. The molecule has 0 radical (unpaired) electrons. The highest BCUT2D eigenvalue weighted by molar-refractivity contribution is 5.73. The van der Waals surface area contributed by atoms with Crippen LogP contribution < -0.4 is 5.32 Å². The van der Waals surface area contributed by atoms with Crippen LogP contribution in [0.2, 0.25) is 0 Å². The molecule has 0 aromatic carbocycles. The number of rotatable bonds is 18. The molecule has 2 atom stereocenters. The lowest BCUT2D eigenvalue weighted by Gasteiger charge is -2.24. The lowest BCUT2D eigenvalue weighted by Crippen LogP contribution is -2.45. The zero-order chi connectivity index (χ0) is 18.8. The Balaban J connectivity index is 3.48. The summed E-state index contributed by atoms with van der Waals surface area (Å²) >= 11 is 0. The molecule has 0 aromatic heterocycles. The van der Waals surface area contributed by atoms with E-state index in [1.54, 1.807) is 7.11 Å². The van der Waals surface area contributed by atoms with Gasteiger partial charge in [-0.3, -0.25) is 4.79 Å². The highest BCUT2D eigenvalue weighted by atomic mass is 16.5. The molecule has 0 aliphatic heterocycles. The topological polar surface area (TPSA) is 58.6 Å². The minimum Gasteiger partial charge on any atom is -0.394 e. The SMILES string of the molecule is CCCCCCCCCCCCCCC[C@@H](OC)[C@H](CO)NC(C)=O. The third kappa shape index (κ3) is 15.4. The average Bonchev–Trinajstić information content (AvgIpc) is 2.60. The molecule has 0 fully saturated rings. The molecular formula is C21H43NO3. The Morgan fingerprint density at radius 1 is 0.880 bits per heavy atom. The smallest absolute Gasteiger partial charge is 0.217 e.